The van der Waals surface area contributed by atoms with Gasteiger partial charge >= 0.3 is 0 Å². The molecule has 6 heteroatoms. The molecule has 0 atom stereocenters. The molecule has 3 nitrogen and oxygen atoms in total. The van der Waals surface area contributed by atoms with Crippen molar-refractivity contribution in [3.63, 3.8) is 0 Å². The topological polar surface area (TPSA) is 41.1 Å². The van der Waals surface area contributed by atoms with Crippen molar-refractivity contribution in [1.82, 2.24) is 0 Å². The Morgan fingerprint density at radius 3 is 2.33 bits per heavy atom. The van der Waals surface area contributed by atoms with Crippen molar-refractivity contribution >= 4 is 65.1 Å². The van der Waals surface area contributed by atoms with Crippen molar-refractivity contribution < 1.29 is 4.79 Å². The molecule has 0 aliphatic rings. The molecule has 2 aromatic rings. The quantitative estimate of drug-likeness (QED) is 0.626. The third-order valence-corrected chi connectivity index (χ3v) is 4.56. The van der Waals surface area contributed by atoms with Gasteiger partial charge in [-0.1, -0.05) is 34.1 Å². The van der Waals surface area contributed by atoms with Gasteiger partial charge in [-0.05, 0) is 62.5 Å². The molecule has 21 heavy (non-hydrogen) atoms. The largest absolute Gasteiger partial charge is 0.374 e. The third-order valence-electron chi connectivity index (χ3n) is 2.85. The second-order valence-corrected chi connectivity index (χ2v) is 7.09. The van der Waals surface area contributed by atoms with Crippen LogP contribution in [-0.4, -0.2) is 12.5 Å². The number of nitrogens with one attached hydrogen (secondary N) is 2. The molecule has 2 rings (SSSR count). The third kappa shape index (κ3) is 4.56. The van der Waals surface area contributed by atoms with Gasteiger partial charge in [0.1, 0.15) is 0 Å². The Hall–Kier alpha value is -0.850. The number of carbonyl (C=O) groups excluding carboxylic acids is 1. The van der Waals surface area contributed by atoms with Crippen LogP contribution in [-0.2, 0) is 4.79 Å². The van der Waals surface area contributed by atoms with Crippen LogP contribution < -0.4 is 10.6 Å². The zero-order valence-electron chi connectivity index (χ0n) is 11.2. The van der Waals surface area contributed by atoms with Crippen LogP contribution in [0.25, 0.3) is 0 Å². The lowest BCUT2D eigenvalue weighted by Gasteiger charge is -2.12. The maximum absolute atomic E-state index is 12.0. The lowest BCUT2D eigenvalue weighted by atomic mass is 10.2. The van der Waals surface area contributed by atoms with E-state index in [1.165, 1.54) is 0 Å². The summed E-state index contributed by atoms with van der Waals surface area (Å²) in [7, 11) is 0. The van der Waals surface area contributed by atoms with Crippen LogP contribution in [0, 0.1) is 6.92 Å². The number of anilines is 2. The van der Waals surface area contributed by atoms with Gasteiger partial charge in [0.15, 0.2) is 0 Å². The van der Waals surface area contributed by atoms with Gasteiger partial charge in [-0.15, -0.1) is 0 Å². The van der Waals surface area contributed by atoms with Crippen molar-refractivity contribution in [2.75, 3.05) is 17.2 Å². The molecule has 0 spiro atoms. The van der Waals surface area contributed by atoms with E-state index < -0.39 is 0 Å². The molecule has 0 radical (unpaired) electrons. The second kappa shape index (κ2) is 7.42. The van der Waals surface area contributed by atoms with Gasteiger partial charge in [-0.2, -0.15) is 0 Å². The second-order valence-electron chi connectivity index (χ2n) is 4.46. The summed E-state index contributed by atoms with van der Waals surface area (Å²) in [5.74, 6) is -0.0916. The predicted octanol–water partition coefficient (Wildman–Crippen LogP) is 5.33. The molecule has 0 aliphatic carbocycles. The molecule has 2 aromatic carbocycles. The first-order valence-corrected chi connectivity index (χ1v) is 8.59. The number of benzene rings is 2. The molecular weight excluding hydrogens is 464 g/mol. The van der Waals surface area contributed by atoms with Crippen LogP contribution in [0.5, 0.6) is 0 Å². The van der Waals surface area contributed by atoms with Crippen LogP contribution >= 0.6 is 47.8 Å². The molecule has 0 unspecified atom stereocenters. The summed E-state index contributed by atoms with van der Waals surface area (Å²) in [6, 6.07) is 11.5. The van der Waals surface area contributed by atoms with Crippen LogP contribution in [0.15, 0.2) is 49.8 Å². The van der Waals surface area contributed by atoms with Crippen LogP contribution in [0.3, 0.4) is 0 Å². The zero-order valence-corrected chi connectivity index (χ0v) is 16.0. The van der Waals surface area contributed by atoms with Gasteiger partial charge in [-0.3, -0.25) is 4.79 Å². The smallest absolute Gasteiger partial charge is 0.243 e. The van der Waals surface area contributed by atoms with Crippen molar-refractivity contribution in [3.05, 3.63) is 55.4 Å². The first kappa shape index (κ1) is 16.5. The summed E-state index contributed by atoms with van der Waals surface area (Å²) in [6.07, 6.45) is 0. The number of carbonyl (C=O) groups is 1. The van der Waals surface area contributed by atoms with E-state index in [1.807, 2.05) is 43.3 Å². The average Bonchev–Trinajstić information content (AvgIpc) is 2.40. The van der Waals surface area contributed by atoms with Gasteiger partial charge in [-0.25, -0.2) is 0 Å². The number of hydrogen-bond acceptors (Lipinski definition) is 2. The SMILES string of the molecule is Cc1ccccc1NC(=O)CNc1c(Br)cc(Br)cc1Br. The Morgan fingerprint density at radius 1 is 1.10 bits per heavy atom. The number of amides is 1. The normalized spacial score (nSPS) is 10.3. The standard InChI is InChI=1S/C15H13Br3N2O/c1-9-4-2-3-5-13(9)20-14(21)8-19-15-11(17)6-10(16)7-12(15)18/h2-7,19H,8H2,1H3,(H,20,21). The lowest BCUT2D eigenvalue weighted by molar-refractivity contribution is -0.114. The summed E-state index contributed by atoms with van der Waals surface area (Å²) in [6.45, 7) is 2.15. The average molecular weight is 477 g/mol. The number of halogens is 3. The maximum atomic E-state index is 12.0. The molecule has 0 heterocycles. The molecular formula is C15H13Br3N2O. The fraction of sp³-hybridized carbons (Fsp3) is 0.133. The van der Waals surface area contributed by atoms with Crippen LogP contribution in [0.1, 0.15) is 5.56 Å². The minimum absolute atomic E-state index is 0.0916. The number of aryl methyl sites for hydroxylation is 1. The van der Waals surface area contributed by atoms with Gasteiger partial charge in [0, 0.05) is 19.1 Å². The highest BCUT2D eigenvalue weighted by atomic mass is 79.9. The minimum atomic E-state index is -0.0916. The predicted molar refractivity (Wildman–Crippen MR) is 97.8 cm³/mol. The lowest BCUT2D eigenvalue weighted by Crippen LogP contribution is -2.22. The molecule has 1 amide bonds. The summed E-state index contributed by atoms with van der Waals surface area (Å²) in [5.41, 5.74) is 2.72. The Labute approximate surface area is 148 Å². The monoisotopic (exact) mass is 474 g/mol. The molecule has 110 valence electrons. The summed E-state index contributed by atoms with van der Waals surface area (Å²) in [4.78, 5) is 12.0. The molecule has 2 N–H and O–H groups in total. The summed E-state index contributed by atoms with van der Waals surface area (Å²) >= 11 is 10.4. The highest BCUT2D eigenvalue weighted by molar-refractivity contribution is 9.11. The molecule has 0 fully saturated rings. The Balaban J connectivity index is 2.01. The van der Waals surface area contributed by atoms with Gasteiger partial charge in [0.2, 0.25) is 5.91 Å². The van der Waals surface area contributed by atoms with Crippen LogP contribution in [0.4, 0.5) is 11.4 Å². The highest BCUT2D eigenvalue weighted by Crippen LogP contribution is 2.34. The molecule has 0 saturated heterocycles. The van der Waals surface area contributed by atoms with E-state index >= 15 is 0 Å². The van der Waals surface area contributed by atoms with Crippen molar-refractivity contribution in [3.8, 4) is 0 Å². The van der Waals surface area contributed by atoms with E-state index in [4.69, 9.17) is 0 Å². The van der Waals surface area contributed by atoms with E-state index in [1.54, 1.807) is 0 Å². The fourth-order valence-electron chi connectivity index (χ4n) is 1.79. The molecule has 0 aromatic heterocycles. The Kier molecular flexibility index (Phi) is 5.84. The highest BCUT2D eigenvalue weighted by Gasteiger charge is 2.09. The summed E-state index contributed by atoms with van der Waals surface area (Å²) in [5, 5.41) is 6.01. The number of para-hydroxylation sites is 1. The van der Waals surface area contributed by atoms with Gasteiger partial charge in [0.05, 0.1) is 12.2 Å². The number of hydrogen-bond donors (Lipinski definition) is 2. The van der Waals surface area contributed by atoms with Gasteiger partial charge < -0.3 is 10.6 Å². The van der Waals surface area contributed by atoms with Crippen molar-refractivity contribution in [1.29, 1.82) is 0 Å². The van der Waals surface area contributed by atoms with Crippen molar-refractivity contribution in [2.24, 2.45) is 0 Å². The summed E-state index contributed by atoms with van der Waals surface area (Å²) < 4.78 is 2.72. The number of rotatable bonds is 4. The first-order chi connectivity index (χ1) is 9.97. The maximum Gasteiger partial charge on any atom is 0.243 e. The van der Waals surface area contributed by atoms with E-state index in [-0.39, 0.29) is 12.5 Å². The van der Waals surface area contributed by atoms with E-state index in [9.17, 15) is 4.79 Å². The fourth-order valence-corrected chi connectivity index (χ4v) is 4.33. The Bertz CT molecular complexity index is 651. The van der Waals surface area contributed by atoms with E-state index in [0.717, 1.165) is 30.4 Å². The molecule has 0 bridgehead atoms. The Morgan fingerprint density at radius 2 is 1.71 bits per heavy atom. The minimum Gasteiger partial charge on any atom is -0.374 e. The molecule has 0 saturated carbocycles. The van der Waals surface area contributed by atoms with E-state index in [0.29, 0.717) is 0 Å². The first-order valence-electron chi connectivity index (χ1n) is 6.21. The zero-order chi connectivity index (χ0) is 15.4. The molecule has 0 aliphatic heterocycles. The van der Waals surface area contributed by atoms with Crippen LogP contribution in [0.2, 0.25) is 0 Å². The van der Waals surface area contributed by atoms with E-state index in [2.05, 4.69) is 58.4 Å². The van der Waals surface area contributed by atoms with Crippen molar-refractivity contribution in [2.45, 2.75) is 6.92 Å². The van der Waals surface area contributed by atoms with Gasteiger partial charge in [0.25, 0.3) is 0 Å².